The molecule has 0 rings (SSSR count). The van der Waals surface area contributed by atoms with Gasteiger partial charge in [-0.3, -0.25) is 4.18 Å². The Balaban J connectivity index is -0.000000106. The minimum Gasteiger partial charge on any atom is -0.400 e. The topological polar surface area (TPSA) is 97.7 Å². The molecule has 0 atom stereocenters. The average molecular weight is 280 g/mol. The quantitative estimate of drug-likeness (QED) is 0.537. The van der Waals surface area contributed by atoms with Crippen molar-refractivity contribution in [1.82, 2.24) is 0 Å². The Morgan fingerprint density at radius 2 is 1.64 bits per heavy atom. The van der Waals surface area contributed by atoms with Gasteiger partial charge in [0.1, 0.15) is 0 Å². The maximum absolute atomic E-state index is 10.1. The Morgan fingerprint density at radius 3 is 1.64 bits per heavy atom. The molecule has 0 aromatic rings. The van der Waals surface area contributed by atoms with Gasteiger partial charge in [0.15, 0.2) is 0 Å². The minimum absolute atomic E-state index is 0. The first-order valence-electron chi connectivity index (χ1n) is 5.62. The summed E-state index contributed by atoms with van der Waals surface area (Å²) < 4.78 is 85.6. The molecular formula is C5H17ClO6S2. The Kier molecular flexibility index (Phi) is 6.62. The third kappa shape index (κ3) is 155. The van der Waals surface area contributed by atoms with Gasteiger partial charge in [0, 0.05) is 17.7 Å². The minimum atomic E-state index is -3.84. The summed E-state index contributed by atoms with van der Waals surface area (Å²) in [5.74, 6) is 0. The van der Waals surface area contributed by atoms with Crippen molar-refractivity contribution < 1.29 is 34.4 Å². The van der Waals surface area contributed by atoms with E-state index in [1.54, 1.807) is 0 Å². The molecule has 0 fully saturated rings. The lowest BCUT2D eigenvalue weighted by atomic mass is 11.8. The van der Waals surface area contributed by atoms with E-state index < -0.39 is 33.2 Å². The van der Waals surface area contributed by atoms with Crippen LogP contribution in [0, 0.1) is 0 Å². The van der Waals surface area contributed by atoms with Crippen LogP contribution in [-0.4, -0.2) is 50.0 Å². The maximum atomic E-state index is 10.1. The predicted molar refractivity (Wildman–Crippen MR) is 57.4 cm³/mol. The maximum Gasteiger partial charge on any atom is 0.264 e. The molecule has 0 aliphatic carbocycles. The van der Waals surface area contributed by atoms with Crippen LogP contribution in [0.3, 0.4) is 0 Å². The second kappa shape index (κ2) is 11.2. The Bertz CT molecular complexity index is 445. The van der Waals surface area contributed by atoms with Crippen LogP contribution in [0.1, 0.15) is 15.7 Å². The molecule has 0 amide bonds. The highest BCUT2D eigenvalue weighted by Crippen LogP contribution is 1.83. The summed E-state index contributed by atoms with van der Waals surface area (Å²) in [4.78, 5) is 0. The third-order valence-corrected chi connectivity index (χ3v) is 0.454. The first-order chi connectivity index (χ1) is 8.27. The summed E-state index contributed by atoms with van der Waals surface area (Å²) in [6.45, 7) is 0. The van der Waals surface area contributed by atoms with Crippen molar-refractivity contribution in [3.63, 3.8) is 0 Å². The molecule has 6 nitrogen and oxygen atoms in total. The smallest absolute Gasteiger partial charge is 0.264 e. The molecule has 0 spiro atoms. The molecule has 0 unspecified atom stereocenters. The van der Waals surface area contributed by atoms with Gasteiger partial charge in [-0.15, -0.1) is 0 Å². The lowest BCUT2D eigenvalue weighted by Gasteiger charge is -1.84. The molecule has 0 radical (unpaired) electrons. The Labute approximate surface area is 100 Å². The van der Waals surface area contributed by atoms with Crippen molar-refractivity contribution in [3.8, 4) is 0 Å². The molecule has 14 heavy (non-hydrogen) atoms. The molecule has 0 saturated carbocycles. The second-order valence-electron chi connectivity index (χ2n) is 1.47. The van der Waals surface area contributed by atoms with E-state index in [1.165, 1.54) is 0 Å². The van der Waals surface area contributed by atoms with Gasteiger partial charge in [-0.05, 0) is 0 Å². The average Bonchev–Trinajstić information content (AvgIpc) is 1.92. The molecule has 0 aromatic heterocycles. The SMILES string of the molecule is C.CS(=O)(=O)Cl.[2H]C([2H])([2H])OS(C)(=O)=O.[2H]OC([2H])([2H])[2H]. The van der Waals surface area contributed by atoms with E-state index in [9.17, 15) is 16.8 Å². The van der Waals surface area contributed by atoms with E-state index in [0.29, 0.717) is 6.26 Å². The number of hydrogen-bond acceptors (Lipinski definition) is 6. The number of aliphatic hydroxyl groups is 1. The summed E-state index contributed by atoms with van der Waals surface area (Å²) in [5.41, 5.74) is 0. The molecule has 0 aliphatic rings. The summed E-state index contributed by atoms with van der Waals surface area (Å²) in [5, 5.41) is 3.19. The van der Waals surface area contributed by atoms with Crippen LogP contribution in [0.5, 0.6) is 0 Å². The van der Waals surface area contributed by atoms with Crippen LogP contribution < -0.4 is 0 Å². The largest absolute Gasteiger partial charge is 0.400 e. The van der Waals surface area contributed by atoms with Crippen LogP contribution in [0.25, 0.3) is 0 Å². The van der Waals surface area contributed by atoms with Gasteiger partial charge in [-0.1, -0.05) is 7.43 Å². The fourth-order valence-electron chi connectivity index (χ4n) is 0. The molecule has 0 heterocycles. The van der Waals surface area contributed by atoms with Gasteiger partial charge in [-0.25, -0.2) is 8.42 Å². The number of rotatable bonds is 1. The lowest BCUT2D eigenvalue weighted by Crippen LogP contribution is -1.95. The molecule has 0 saturated heterocycles. The van der Waals surface area contributed by atoms with E-state index in [2.05, 4.69) is 20.0 Å². The van der Waals surface area contributed by atoms with Crippen molar-refractivity contribution >= 4 is 29.9 Å². The normalized spacial score (nSPS) is 18.6. The van der Waals surface area contributed by atoms with Crippen molar-refractivity contribution in [1.29, 1.82) is 1.43 Å². The third-order valence-electron chi connectivity index (χ3n) is 0.151. The van der Waals surface area contributed by atoms with E-state index in [-0.39, 0.29) is 7.43 Å². The fourth-order valence-corrected chi connectivity index (χ4v) is 0. The standard InChI is InChI=1S/C2H6O3S.CH3ClO2S.CH4O.CH4/c1-5-6(2,3)4;1-5(2,3)4;1-2;/h1-2H3;1H3;2H,1H3;1H4/i1D3;;1D3,2D;. The van der Waals surface area contributed by atoms with Crippen molar-refractivity contribution in [2.45, 2.75) is 7.43 Å². The van der Waals surface area contributed by atoms with E-state index in [0.717, 1.165) is 6.26 Å². The highest BCUT2D eigenvalue weighted by molar-refractivity contribution is 8.13. The summed E-state index contributed by atoms with van der Waals surface area (Å²) in [6.07, 6.45) is 1.61. The van der Waals surface area contributed by atoms with Crippen molar-refractivity contribution in [3.05, 3.63) is 0 Å². The number of hydrogen-bond donors (Lipinski definition) is 1. The summed E-state index contributed by atoms with van der Waals surface area (Å²) >= 11 is 0. The van der Waals surface area contributed by atoms with Gasteiger partial charge in [0.05, 0.1) is 27.8 Å². The molecule has 0 bridgehead atoms. The van der Waals surface area contributed by atoms with Crippen LogP contribution in [0.15, 0.2) is 0 Å². The van der Waals surface area contributed by atoms with Gasteiger partial charge < -0.3 is 5.11 Å². The Hall–Kier alpha value is 0.110. The molecular weight excluding hydrogens is 256 g/mol. The second-order valence-corrected chi connectivity index (χ2v) is 6.09. The molecule has 92 valence electrons. The molecule has 9 heteroatoms. The zero-order valence-electron chi connectivity index (χ0n) is 13.6. The van der Waals surface area contributed by atoms with Gasteiger partial charge in [0.2, 0.25) is 10.5 Å². The van der Waals surface area contributed by atoms with Crippen LogP contribution in [-0.2, 0) is 23.4 Å². The van der Waals surface area contributed by atoms with Crippen molar-refractivity contribution in [2.75, 3.05) is 26.6 Å². The van der Waals surface area contributed by atoms with Crippen molar-refractivity contribution in [2.24, 2.45) is 0 Å². The highest BCUT2D eigenvalue weighted by atomic mass is 35.7. The number of halogens is 1. The molecule has 0 aliphatic heterocycles. The van der Waals surface area contributed by atoms with Gasteiger partial charge in [0.25, 0.3) is 10.1 Å². The van der Waals surface area contributed by atoms with Crippen LogP contribution in [0.2, 0.25) is 0 Å². The highest BCUT2D eigenvalue weighted by Gasteiger charge is 1.90. The summed E-state index contributed by atoms with van der Waals surface area (Å²) in [7, 11) is -7.93. The molecule has 1 N–H and O–H groups in total. The predicted octanol–water partition coefficient (Wildman–Crippen LogP) is 0.0218. The zero-order valence-corrected chi connectivity index (χ0v) is 9.03. The summed E-state index contributed by atoms with van der Waals surface area (Å²) in [6, 6.07) is 0. The van der Waals surface area contributed by atoms with E-state index >= 15 is 0 Å². The van der Waals surface area contributed by atoms with Gasteiger partial charge in [-0.2, -0.15) is 8.42 Å². The van der Waals surface area contributed by atoms with E-state index in [4.69, 9.17) is 9.66 Å². The monoisotopic (exact) mass is 279 g/mol. The van der Waals surface area contributed by atoms with Crippen LogP contribution >= 0.6 is 10.7 Å². The van der Waals surface area contributed by atoms with E-state index in [1.807, 2.05) is 0 Å². The first-order valence-corrected chi connectivity index (χ1v) is 6.75. The Morgan fingerprint density at radius 1 is 1.36 bits per heavy atom. The molecule has 0 aromatic carbocycles. The van der Waals surface area contributed by atoms with Crippen LogP contribution in [0.4, 0.5) is 0 Å². The zero-order chi connectivity index (χ0) is 17.4. The fraction of sp³-hybridized carbons (Fsp3) is 1.00. The van der Waals surface area contributed by atoms with Gasteiger partial charge >= 0.3 is 0 Å². The first kappa shape index (κ1) is 8.28. The lowest BCUT2D eigenvalue weighted by molar-refractivity contribution is 0.399.